The predicted molar refractivity (Wildman–Crippen MR) is 74.3 cm³/mol. The Bertz CT molecular complexity index is 526. The van der Waals surface area contributed by atoms with E-state index in [9.17, 15) is 4.79 Å². The van der Waals surface area contributed by atoms with Gasteiger partial charge in [-0.25, -0.2) is 0 Å². The van der Waals surface area contributed by atoms with Gasteiger partial charge >= 0.3 is 0 Å². The second kappa shape index (κ2) is 4.82. The van der Waals surface area contributed by atoms with Crippen molar-refractivity contribution < 1.29 is 4.79 Å². The molecular weight excluding hydrogens is 352 g/mol. The van der Waals surface area contributed by atoms with Crippen LogP contribution >= 0.6 is 43.2 Å². The molecule has 2 rings (SSSR count). The molecule has 0 bridgehead atoms. The first kappa shape index (κ1) is 12.0. The highest BCUT2D eigenvalue weighted by atomic mass is 79.9. The second-order valence-corrected chi connectivity index (χ2v) is 6.60. The summed E-state index contributed by atoms with van der Waals surface area (Å²) in [7, 11) is 0. The first-order chi connectivity index (χ1) is 7.59. The van der Waals surface area contributed by atoms with Crippen LogP contribution in [-0.4, -0.2) is 5.78 Å². The summed E-state index contributed by atoms with van der Waals surface area (Å²) in [4.78, 5) is 12.9. The van der Waals surface area contributed by atoms with Crippen molar-refractivity contribution >= 4 is 49.0 Å². The lowest BCUT2D eigenvalue weighted by Gasteiger charge is -2.01. The van der Waals surface area contributed by atoms with Gasteiger partial charge in [0.2, 0.25) is 5.78 Å². The third kappa shape index (κ3) is 2.29. The first-order valence-corrected chi connectivity index (χ1v) is 7.05. The van der Waals surface area contributed by atoms with Crippen LogP contribution < -0.4 is 0 Å². The van der Waals surface area contributed by atoms with Gasteiger partial charge in [0, 0.05) is 10.0 Å². The third-order valence-electron chi connectivity index (χ3n) is 2.26. The fraction of sp³-hybridized carbons (Fsp3) is 0.0833. The van der Waals surface area contributed by atoms with E-state index in [4.69, 9.17) is 0 Å². The summed E-state index contributed by atoms with van der Waals surface area (Å²) in [5.74, 6) is 0.0782. The maximum atomic E-state index is 12.2. The van der Waals surface area contributed by atoms with Crippen molar-refractivity contribution in [3.8, 4) is 0 Å². The first-order valence-electron chi connectivity index (χ1n) is 4.65. The zero-order valence-electron chi connectivity index (χ0n) is 8.46. The maximum absolute atomic E-state index is 12.2. The summed E-state index contributed by atoms with van der Waals surface area (Å²) in [6.45, 7) is 1.95. The number of aryl methyl sites for hydroxylation is 1. The van der Waals surface area contributed by atoms with Gasteiger partial charge in [0.15, 0.2) is 0 Å². The van der Waals surface area contributed by atoms with Gasteiger partial charge in [0.1, 0.15) is 0 Å². The summed E-state index contributed by atoms with van der Waals surface area (Å²) in [5.41, 5.74) is 1.77. The van der Waals surface area contributed by atoms with Gasteiger partial charge < -0.3 is 0 Å². The van der Waals surface area contributed by atoms with E-state index in [1.807, 2.05) is 37.3 Å². The van der Waals surface area contributed by atoms with Crippen molar-refractivity contribution in [2.24, 2.45) is 0 Å². The van der Waals surface area contributed by atoms with Gasteiger partial charge in [-0.15, -0.1) is 11.3 Å². The zero-order valence-corrected chi connectivity index (χ0v) is 12.4. The van der Waals surface area contributed by atoms with Gasteiger partial charge in [0.05, 0.1) is 8.66 Å². The van der Waals surface area contributed by atoms with Crippen LogP contribution in [0.25, 0.3) is 0 Å². The van der Waals surface area contributed by atoms with Crippen molar-refractivity contribution in [2.45, 2.75) is 6.92 Å². The van der Waals surface area contributed by atoms with E-state index in [0.717, 1.165) is 24.3 Å². The molecule has 0 radical (unpaired) electrons. The average Bonchev–Trinajstić information content (AvgIpc) is 2.59. The number of hydrogen-bond donors (Lipinski definition) is 0. The van der Waals surface area contributed by atoms with Crippen LogP contribution in [0, 0.1) is 6.92 Å². The molecule has 0 N–H and O–H groups in total. The van der Waals surface area contributed by atoms with Gasteiger partial charge in [0.25, 0.3) is 0 Å². The summed E-state index contributed by atoms with van der Waals surface area (Å²) in [6, 6.07) is 9.48. The minimum Gasteiger partial charge on any atom is -0.288 e. The van der Waals surface area contributed by atoms with Crippen molar-refractivity contribution in [3.05, 3.63) is 54.6 Å². The summed E-state index contributed by atoms with van der Waals surface area (Å²) in [5, 5.41) is 0. The number of ketones is 1. The molecule has 0 atom stereocenters. The van der Waals surface area contributed by atoms with Crippen molar-refractivity contribution in [1.29, 1.82) is 0 Å². The molecule has 1 heterocycles. The van der Waals surface area contributed by atoms with E-state index in [-0.39, 0.29) is 5.78 Å². The van der Waals surface area contributed by atoms with E-state index in [1.54, 1.807) is 0 Å². The Morgan fingerprint density at radius 3 is 2.50 bits per heavy atom. The lowest BCUT2D eigenvalue weighted by Crippen LogP contribution is -2.00. The Labute approximate surface area is 115 Å². The SMILES string of the molecule is Cc1ccccc1C(=O)c1cc(Br)c(Br)s1. The maximum Gasteiger partial charge on any atom is 0.203 e. The minimum absolute atomic E-state index is 0.0782. The van der Waals surface area contributed by atoms with Gasteiger partial charge in [-0.05, 0) is 50.4 Å². The van der Waals surface area contributed by atoms with Crippen LogP contribution in [0.2, 0.25) is 0 Å². The molecule has 0 fully saturated rings. The fourth-order valence-electron chi connectivity index (χ4n) is 1.42. The minimum atomic E-state index is 0.0782. The Hall–Kier alpha value is -0.450. The van der Waals surface area contributed by atoms with Crippen LogP contribution in [0.15, 0.2) is 38.6 Å². The van der Waals surface area contributed by atoms with Gasteiger partial charge in [-0.2, -0.15) is 0 Å². The molecule has 0 unspecified atom stereocenters. The Morgan fingerprint density at radius 2 is 1.94 bits per heavy atom. The van der Waals surface area contributed by atoms with E-state index in [2.05, 4.69) is 31.9 Å². The van der Waals surface area contributed by atoms with E-state index >= 15 is 0 Å². The molecule has 1 nitrogen and oxygen atoms in total. The average molecular weight is 360 g/mol. The smallest absolute Gasteiger partial charge is 0.203 e. The number of rotatable bonds is 2. The Balaban J connectivity index is 2.43. The van der Waals surface area contributed by atoms with E-state index in [1.165, 1.54) is 11.3 Å². The summed E-state index contributed by atoms with van der Waals surface area (Å²) in [6.07, 6.45) is 0. The van der Waals surface area contributed by atoms with E-state index in [0.29, 0.717) is 0 Å². The Morgan fingerprint density at radius 1 is 1.25 bits per heavy atom. The van der Waals surface area contributed by atoms with Crippen LogP contribution in [0.3, 0.4) is 0 Å². The second-order valence-electron chi connectivity index (χ2n) is 3.38. The normalized spacial score (nSPS) is 10.4. The molecule has 0 spiro atoms. The van der Waals surface area contributed by atoms with Crippen molar-refractivity contribution in [2.75, 3.05) is 0 Å². The molecule has 1 aromatic carbocycles. The molecule has 1 aromatic heterocycles. The molecule has 4 heteroatoms. The molecule has 0 saturated heterocycles. The zero-order chi connectivity index (χ0) is 11.7. The largest absolute Gasteiger partial charge is 0.288 e. The number of benzene rings is 1. The molecule has 2 aromatic rings. The number of hydrogen-bond acceptors (Lipinski definition) is 2. The number of halogens is 2. The fourth-order valence-corrected chi connectivity index (χ4v) is 3.41. The van der Waals surface area contributed by atoms with Gasteiger partial charge in [-0.3, -0.25) is 4.79 Å². The van der Waals surface area contributed by atoms with Crippen LogP contribution in [-0.2, 0) is 0 Å². The standard InChI is InChI=1S/C12H8Br2OS/c1-7-4-2-3-5-8(7)11(15)10-6-9(13)12(14)16-10/h2-6H,1H3. The molecule has 16 heavy (non-hydrogen) atoms. The molecular formula is C12H8Br2OS. The molecule has 0 amide bonds. The topological polar surface area (TPSA) is 17.1 Å². The lowest BCUT2D eigenvalue weighted by molar-refractivity contribution is 0.104. The van der Waals surface area contributed by atoms with Crippen LogP contribution in [0.5, 0.6) is 0 Å². The molecule has 0 aliphatic rings. The lowest BCUT2D eigenvalue weighted by atomic mass is 10.0. The van der Waals surface area contributed by atoms with Crippen LogP contribution in [0.4, 0.5) is 0 Å². The quantitative estimate of drug-likeness (QED) is 0.703. The molecule has 0 aliphatic carbocycles. The monoisotopic (exact) mass is 358 g/mol. The highest BCUT2D eigenvalue weighted by Crippen LogP contribution is 2.33. The van der Waals surface area contributed by atoms with E-state index < -0.39 is 0 Å². The van der Waals surface area contributed by atoms with Crippen molar-refractivity contribution in [3.63, 3.8) is 0 Å². The predicted octanol–water partition coefficient (Wildman–Crippen LogP) is 4.81. The molecule has 0 aliphatic heterocycles. The summed E-state index contributed by atoms with van der Waals surface area (Å²) < 4.78 is 1.87. The Kier molecular flexibility index (Phi) is 3.62. The highest BCUT2D eigenvalue weighted by Gasteiger charge is 2.15. The van der Waals surface area contributed by atoms with Crippen molar-refractivity contribution in [1.82, 2.24) is 0 Å². The third-order valence-corrected chi connectivity index (χ3v) is 5.51. The molecule has 82 valence electrons. The van der Waals surface area contributed by atoms with Gasteiger partial charge in [-0.1, -0.05) is 24.3 Å². The number of carbonyl (C=O) groups is 1. The number of carbonyl (C=O) groups excluding carboxylic acids is 1. The molecule has 0 saturated carbocycles. The van der Waals surface area contributed by atoms with Crippen LogP contribution in [0.1, 0.15) is 20.8 Å². The summed E-state index contributed by atoms with van der Waals surface area (Å²) >= 11 is 8.23. The number of thiophene rings is 1. The highest BCUT2D eigenvalue weighted by molar-refractivity contribution is 9.13.